The number of ether oxygens (including phenoxy) is 3. The zero-order chi connectivity index (χ0) is 24.2. The molecule has 1 N–H and O–H groups in total. The molecule has 1 aliphatic carbocycles. The first-order valence-electron chi connectivity index (χ1n) is 13.0. The smallest absolute Gasteiger partial charge is 0.235 e. The Hall–Kier alpha value is -2.73. The Morgan fingerprint density at radius 2 is 1.83 bits per heavy atom. The van der Waals surface area contributed by atoms with Gasteiger partial charge in [-0.05, 0) is 84.9 Å². The van der Waals surface area contributed by atoms with Crippen molar-refractivity contribution < 1.29 is 19.0 Å². The average Bonchev–Trinajstić information content (AvgIpc) is 3.38. The van der Waals surface area contributed by atoms with Crippen LogP contribution in [0.5, 0.6) is 11.5 Å². The van der Waals surface area contributed by atoms with Gasteiger partial charge >= 0.3 is 0 Å². The standard InChI is InChI=1S/C29H36N2O4/c1-28(2,3)26-15-20-14-22(5-6-23(20)31(26)17-19-8-12-33-13-9-19)30-27(32)29(10-11-29)21-4-7-24-25(16-21)35-18-34-24/h4-7,14,16,19,26H,8-13,15,17-18H2,1-3H3,(H,30,32). The number of amides is 1. The number of nitrogens with one attached hydrogen (secondary N) is 1. The van der Waals surface area contributed by atoms with Crippen molar-refractivity contribution in [3.05, 3.63) is 47.5 Å². The summed E-state index contributed by atoms with van der Waals surface area (Å²) in [6.45, 7) is 10.1. The minimum absolute atomic E-state index is 0.0701. The van der Waals surface area contributed by atoms with Crippen molar-refractivity contribution in [1.82, 2.24) is 0 Å². The van der Waals surface area contributed by atoms with Gasteiger partial charge in [-0.15, -0.1) is 0 Å². The lowest BCUT2D eigenvalue weighted by molar-refractivity contribution is -0.118. The van der Waals surface area contributed by atoms with Crippen LogP contribution in [0.1, 0.15) is 57.6 Å². The maximum atomic E-state index is 13.4. The third-order valence-electron chi connectivity index (χ3n) is 8.34. The van der Waals surface area contributed by atoms with E-state index in [1.807, 2.05) is 18.2 Å². The number of carbonyl (C=O) groups excluding carboxylic acids is 1. The van der Waals surface area contributed by atoms with Crippen molar-refractivity contribution in [1.29, 1.82) is 0 Å². The zero-order valence-corrected chi connectivity index (χ0v) is 21.1. The van der Waals surface area contributed by atoms with Crippen molar-refractivity contribution >= 4 is 17.3 Å². The predicted molar refractivity (Wildman–Crippen MR) is 136 cm³/mol. The summed E-state index contributed by atoms with van der Waals surface area (Å²) in [6, 6.07) is 12.8. The highest BCUT2D eigenvalue weighted by atomic mass is 16.7. The number of rotatable bonds is 5. The van der Waals surface area contributed by atoms with Gasteiger partial charge in [-0.1, -0.05) is 26.8 Å². The van der Waals surface area contributed by atoms with E-state index < -0.39 is 5.41 Å². The van der Waals surface area contributed by atoms with E-state index in [0.717, 1.165) is 74.6 Å². The second-order valence-corrected chi connectivity index (χ2v) is 11.7. The Balaban J connectivity index is 1.21. The molecule has 0 spiro atoms. The zero-order valence-electron chi connectivity index (χ0n) is 21.1. The number of hydrogen-bond donors (Lipinski definition) is 1. The number of fused-ring (bicyclic) bond motifs is 2. The van der Waals surface area contributed by atoms with Gasteiger partial charge in [0.25, 0.3) is 0 Å². The minimum Gasteiger partial charge on any atom is -0.454 e. The maximum Gasteiger partial charge on any atom is 0.235 e. The fraction of sp³-hybridized carbons (Fsp3) is 0.552. The molecule has 0 bridgehead atoms. The molecule has 6 rings (SSSR count). The Kier molecular flexibility index (Phi) is 5.48. The van der Waals surface area contributed by atoms with E-state index >= 15 is 0 Å². The molecule has 1 atom stereocenters. The molecule has 0 radical (unpaired) electrons. The molecule has 3 heterocycles. The molecule has 1 saturated carbocycles. The number of hydrogen-bond acceptors (Lipinski definition) is 5. The molecule has 2 aromatic rings. The molecular weight excluding hydrogens is 440 g/mol. The van der Waals surface area contributed by atoms with Crippen molar-refractivity contribution in [2.75, 3.05) is 36.8 Å². The summed E-state index contributed by atoms with van der Waals surface area (Å²) in [6.07, 6.45) is 5.00. The summed E-state index contributed by atoms with van der Waals surface area (Å²) in [5.74, 6) is 2.23. The summed E-state index contributed by atoms with van der Waals surface area (Å²) in [5.41, 5.74) is 4.26. The molecule has 1 unspecified atom stereocenters. The first-order chi connectivity index (χ1) is 16.8. The number of carbonyl (C=O) groups is 1. The van der Waals surface area contributed by atoms with Crippen molar-refractivity contribution in [2.24, 2.45) is 11.3 Å². The SMILES string of the molecule is CC(C)(C)C1Cc2cc(NC(=O)C3(c4ccc5c(c4)OCO5)CC3)ccc2N1CC1CCOCC1. The Labute approximate surface area is 207 Å². The molecule has 1 saturated heterocycles. The van der Waals surface area contributed by atoms with E-state index in [2.05, 4.69) is 49.2 Å². The van der Waals surface area contributed by atoms with Crippen LogP contribution in [0.4, 0.5) is 11.4 Å². The van der Waals surface area contributed by atoms with E-state index in [-0.39, 0.29) is 18.1 Å². The van der Waals surface area contributed by atoms with Gasteiger partial charge in [-0.3, -0.25) is 4.79 Å². The monoisotopic (exact) mass is 476 g/mol. The van der Waals surface area contributed by atoms with Gasteiger partial charge < -0.3 is 24.4 Å². The van der Waals surface area contributed by atoms with Crippen LogP contribution in [0.15, 0.2) is 36.4 Å². The van der Waals surface area contributed by atoms with E-state index in [1.54, 1.807) is 0 Å². The van der Waals surface area contributed by atoms with Crippen LogP contribution >= 0.6 is 0 Å². The van der Waals surface area contributed by atoms with Crippen LogP contribution in [0.25, 0.3) is 0 Å². The van der Waals surface area contributed by atoms with Crippen LogP contribution in [0.2, 0.25) is 0 Å². The molecule has 4 aliphatic rings. The second kappa shape index (κ2) is 8.44. The fourth-order valence-electron chi connectivity index (χ4n) is 6.02. The Morgan fingerprint density at radius 1 is 1.06 bits per heavy atom. The van der Waals surface area contributed by atoms with Gasteiger partial charge in [0.1, 0.15) is 0 Å². The van der Waals surface area contributed by atoms with Gasteiger partial charge in [0.05, 0.1) is 5.41 Å². The molecule has 35 heavy (non-hydrogen) atoms. The number of anilines is 2. The first-order valence-corrected chi connectivity index (χ1v) is 13.0. The lowest BCUT2D eigenvalue weighted by Crippen LogP contribution is -2.44. The maximum absolute atomic E-state index is 13.4. The third-order valence-corrected chi connectivity index (χ3v) is 8.34. The van der Waals surface area contributed by atoms with Crippen molar-refractivity contribution in [3.8, 4) is 11.5 Å². The van der Waals surface area contributed by atoms with Crippen LogP contribution in [-0.2, 0) is 21.4 Å². The van der Waals surface area contributed by atoms with E-state index in [9.17, 15) is 4.79 Å². The van der Waals surface area contributed by atoms with E-state index in [4.69, 9.17) is 14.2 Å². The minimum atomic E-state index is -0.469. The summed E-state index contributed by atoms with van der Waals surface area (Å²) in [5, 5.41) is 3.24. The summed E-state index contributed by atoms with van der Waals surface area (Å²) in [7, 11) is 0. The highest BCUT2D eigenvalue weighted by Gasteiger charge is 2.52. The molecule has 6 heteroatoms. The molecule has 6 nitrogen and oxygen atoms in total. The van der Waals surface area contributed by atoms with Crippen LogP contribution in [0.3, 0.4) is 0 Å². The van der Waals surface area contributed by atoms with Crippen LogP contribution in [0, 0.1) is 11.3 Å². The van der Waals surface area contributed by atoms with Crippen molar-refractivity contribution in [3.63, 3.8) is 0 Å². The summed E-state index contributed by atoms with van der Waals surface area (Å²) in [4.78, 5) is 16.1. The van der Waals surface area contributed by atoms with E-state index in [0.29, 0.717) is 12.0 Å². The van der Waals surface area contributed by atoms with Gasteiger partial charge in [0.15, 0.2) is 11.5 Å². The lowest BCUT2D eigenvalue weighted by Gasteiger charge is -2.39. The molecule has 3 aliphatic heterocycles. The summed E-state index contributed by atoms with van der Waals surface area (Å²) >= 11 is 0. The molecular formula is C29H36N2O4. The Morgan fingerprint density at radius 3 is 2.57 bits per heavy atom. The largest absolute Gasteiger partial charge is 0.454 e. The highest BCUT2D eigenvalue weighted by Crippen LogP contribution is 2.51. The third kappa shape index (κ3) is 4.16. The predicted octanol–water partition coefficient (Wildman–Crippen LogP) is 5.29. The van der Waals surface area contributed by atoms with Gasteiger partial charge in [0, 0.05) is 37.2 Å². The Bertz CT molecular complexity index is 1130. The first kappa shape index (κ1) is 22.7. The van der Waals surface area contributed by atoms with Crippen LogP contribution < -0.4 is 19.7 Å². The summed E-state index contributed by atoms with van der Waals surface area (Å²) < 4.78 is 16.6. The van der Waals surface area contributed by atoms with Gasteiger partial charge in [-0.2, -0.15) is 0 Å². The van der Waals surface area contributed by atoms with Crippen molar-refractivity contribution in [2.45, 2.75) is 64.3 Å². The molecule has 0 aromatic heterocycles. The topological polar surface area (TPSA) is 60.0 Å². The molecule has 186 valence electrons. The van der Waals surface area contributed by atoms with E-state index in [1.165, 1.54) is 11.3 Å². The molecule has 1 amide bonds. The number of nitrogens with zero attached hydrogens (tertiary/aromatic N) is 1. The van der Waals surface area contributed by atoms with Gasteiger partial charge in [-0.25, -0.2) is 0 Å². The highest BCUT2D eigenvalue weighted by molar-refractivity contribution is 6.01. The number of benzene rings is 2. The van der Waals surface area contributed by atoms with Gasteiger partial charge in [0.2, 0.25) is 12.7 Å². The molecule has 2 aromatic carbocycles. The lowest BCUT2D eigenvalue weighted by atomic mass is 9.84. The fourth-order valence-corrected chi connectivity index (χ4v) is 6.02. The quantitative estimate of drug-likeness (QED) is 0.636. The normalized spacial score (nSPS) is 22.7. The second-order valence-electron chi connectivity index (χ2n) is 11.7. The molecule has 2 fully saturated rings. The van der Waals surface area contributed by atoms with Crippen LogP contribution in [-0.4, -0.2) is 38.5 Å². The average molecular weight is 477 g/mol.